The van der Waals surface area contributed by atoms with E-state index in [1.165, 1.54) is 12.0 Å². The zero-order valence-corrected chi connectivity index (χ0v) is 14.7. The molecule has 99 valence electrons. The van der Waals surface area contributed by atoms with E-state index in [1.807, 2.05) is 13.0 Å². The third kappa shape index (κ3) is 3.46. The first-order valence-electron chi connectivity index (χ1n) is 6.04. The van der Waals surface area contributed by atoms with Crippen LogP contribution in [0.25, 0.3) is 5.57 Å². The molecule has 1 aromatic rings. The minimum absolute atomic E-state index is 0. The number of aryl methyl sites for hydroxylation is 1. The average Bonchev–Trinajstić information content (AvgIpc) is 2.27. The van der Waals surface area contributed by atoms with E-state index in [0.717, 1.165) is 22.4 Å². The van der Waals surface area contributed by atoms with Crippen LogP contribution in [0.15, 0.2) is 18.2 Å². The van der Waals surface area contributed by atoms with E-state index >= 15 is 0 Å². The fraction of sp³-hybridized carbons (Fsp3) is 0.400. The van der Waals surface area contributed by atoms with Crippen LogP contribution in [0, 0.1) is 6.92 Å². The standard InChI is InChI=1S/C15H18NO2.Y/c1-10-5-6-13-14(12(10)8-18-9-17)11(2)7-15(3,4)16-13;/h5-7,16H,8H2,1-4H3;/q-1;. The number of ether oxygens (including phenoxy) is 1. The van der Waals surface area contributed by atoms with E-state index in [0.29, 0.717) is 0 Å². The molecule has 0 amide bonds. The maximum Gasteiger partial charge on any atom is 0.0755 e. The van der Waals surface area contributed by atoms with Gasteiger partial charge in [-0.2, -0.15) is 0 Å². The molecule has 0 saturated heterocycles. The van der Waals surface area contributed by atoms with E-state index in [9.17, 15) is 4.79 Å². The molecule has 0 aromatic heterocycles. The Morgan fingerprint density at radius 1 is 1.32 bits per heavy atom. The predicted octanol–water partition coefficient (Wildman–Crippen LogP) is 3.18. The molecule has 0 atom stereocenters. The van der Waals surface area contributed by atoms with E-state index in [1.54, 1.807) is 0 Å². The van der Waals surface area contributed by atoms with Gasteiger partial charge in [0.05, 0.1) is 12.1 Å². The molecule has 19 heavy (non-hydrogen) atoms. The molecule has 1 aliphatic heterocycles. The summed E-state index contributed by atoms with van der Waals surface area (Å²) < 4.78 is 4.81. The number of benzene rings is 1. The van der Waals surface area contributed by atoms with Crippen LogP contribution in [0.1, 0.15) is 37.5 Å². The second-order valence-electron chi connectivity index (χ2n) is 5.33. The number of hydrogen-bond acceptors (Lipinski definition) is 3. The second-order valence-corrected chi connectivity index (χ2v) is 5.33. The Balaban J connectivity index is 0.00000180. The Morgan fingerprint density at radius 3 is 2.63 bits per heavy atom. The summed E-state index contributed by atoms with van der Waals surface area (Å²) in [6.07, 6.45) is 2.20. The third-order valence-corrected chi connectivity index (χ3v) is 3.25. The van der Waals surface area contributed by atoms with E-state index in [4.69, 9.17) is 4.74 Å². The molecular weight excluding hydrogens is 315 g/mol. The Bertz CT molecular complexity index is 521. The number of fused-ring (bicyclic) bond motifs is 1. The molecule has 1 radical (unpaired) electrons. The van der Waals surface area contributed by atoms with Crippen molar-refractivity contribution in [2.75, 3.05) is 5.32 Å². The van der Waals surface area contributed by atoms with Crippen LogP contribution in [0.2, 0.25) is 0 Å². The van der Waals surface area contributed by atoms with Gasteiger partial charge in [0.25, 0.3) is 0 Å². The van der Waals surface area contributed by atoms with Gasteiger partial charge in [-0.3, -0.25) is 0 Å². The normalized spacial score (nSPS) is 15.5. The van der Waals surface area contributed by atoms with Gasteiger partial charge >= 0.3 is 0 Å². The van der Waals surface area contributed by atoms with Crippen LogP contribution in [0.4, 0.5) is 5.69 Å². The van der Waals surface area contributed by atoms with Crippen molar-refractivity contribution < 1.29 is 42.2 Å². The predicted molar refractivity (Wildman–Crippen MR) is 73.0 cm³/mol. The van der Waals surface area contributed by atoms with Crippen LogP contribution in [-0.2, 0) is 48.8 Å². The fourth-order valence-electron chi connectivity index (χ4n) is 2.59. The van der Waals surface area contributed by atoms with Crippen molar-refractivity contribution in [2.24, 2.45) is 0 Å². The van der Waals surface area contributed by atoms with Crippen LogP contribution < -0.4 is 5.32 Å². The quantitative estimate of drug-likeness (QED) is 0.864. The van der Waals surface area contributed by atoms with Gasteiger partial charge in [-0.05, 0) is 50.5 Å². The van der Waals surface area contributed by atoms with Gasteiger partial charge in [0.2, 0.25) is 0 Å². The molecule has 0 spiro atoms. The fourth-order valence-corrected chi connectivity index (χ4v) is 2.59. The summed E-state index contributed by atoms with van der Waals surface area (Å²) in [5.74, 6) is 0. The Labute approximate surface area is 139 Å². The third-order valence-electron chi connectivity index (χ3n) is 3.25. The minimum atomic E-state index is -0.0543. The van der Waals surface area contributed by atoms with Crippen molar-refractivity contribution in [2.45, 2.75) is 39.8 Å². The number of allylic oxidation sites excluding steroid dienone is 1. The zero-order chi connectivity index (χ0) is 13.3. The summed E-state index contributed by atoms with van der Waals surface area (Å²) in [5, 5.41) is 3.48. The number of nitrogens with one attached hydrogen (secondary N) is 1. The number of rotatable bonds is 3. The molecule has 1 heterocycles. The van der Waals surface area contributed by atoms with Crippen LogP contribution in [-0.4, -0.2) is 12.0 Å². The van der Waals surface area contributed by atoms with Crippen molar-refractivity contribution in [3.05, 3.63) is 34.9 Å². The van der Waals surface area contributed by atoms with Gasteiger partial charge in [0.15, 0.2) is 0 Å². The molecule has 2 rings (SSSR count). The SMILES string of the molecule is CC1=CC(C)(C)Nc2ccc(C)c(CO[C-]=O)c21.[Y]. The Kier molecular flexibility index (Phi) is 5.34. The molecule has 0 bridgehead atoms. The van der Waals surface area contributed by atoms with Gasteiger partial charge in [0, 0.05) is 44.0 Å². The molecule has 4 heteroatoms. The molecule has 1 N–H and O–H groups in total. The molecule has 0 aliphatic carbocycles. The number of hydrogen-bond donors (Lipinski definition) is 1. The van der Waals surface area contributed by atoms with Gasteiger partial charge in [-0.1, -0.05) is 18.6 Å². The largest absolute Gasteiger partial charge is 0.650 e. The summed E-state index contributed by atoms with van der Waals surface area (Å²) in [5.41, 5.74) is 5.56. The molecule has 3 nitrogen and oxygen atoms in total. The summed E-state index contributed by atoms with van der Waals surface area (Å²) in [7, 11) is 0. The maximum absolute atomic E-state index is 10.3. The van der Waals surface area contributed by atoms with E-state index in [-0.39, 0.29) is 44.9 Å². The van der Waals surface area contributed by atoms with E-state index in [2.05, 4.69) is 38.2 Å². The minimum Gasteiger partial charge on any atom is -0.650 e. The molecule has 0 unspecified atom stereocenters. The van der Waals surface area contributed by atoms with Crippen LogP contribution in [0.5, 0.6) is 0 Å². The topological polar surface area (TPSA) is 38.3 Å². The zero-order valence-electron chi connectivity index (χ0n) is 11.8. The van der Waals surface area contributed by atoms with Gasteiger partial charge in [-0.15, -0.1) is 0 Å². The maximum atomic E-state index is 10.3. The first kappa shape index (κ1) is 16.4. The molecule has 0 fully saturated rings. The van der Waals surface area contributed by atoms with Crippen molar-refractivity contribution in [1.29, 1.82) is 0 Å². The van der Waals surface area contributed by atoms with Gasteiger partial charge in [-0.25, -0.2) is 0 Å². The van der Waals surface area contributed by atoms with E-state index < -0.39 is 0 Å². The van der Waals surface area contributed by atoms with Crippen molar-refractivity contribution in [3.8, 4) is 0 Å². The summed E-state index contributed by atoms with van der Waals surface area (Å²) in [6, 6.07) is 4.13. The smallest absolute Gasteiger partial charge is 0.0755 e. The van der Waals surface area contributed by atoms with Crippen LogP contribution >= 0.6 is 0 Å². The summed E-state index contributed by atoms with van der Waals surface area (Å²) in [6.45, 7) is 10.1. The van der Waals surface area contributed by atoms with Crippen molar-refractivity contribution in [3.63, 3.8) is 0 Å². The number of carbonyl (C=O) groups excluding carboxylic acids is 1. The first-order chi connectivity index (χ1) is 8.44. The van der Waals surface area contributed by atoms with Gasteiger partial charge in [0.1, 0.15) is 0 Å². The Morgan fingerprint density at radius 2 is 2.00 bits per heavy atom. The van der Waals surface area contributed by atoms with Crippen molar-refractivity contribution >= 4 is 17.7 Å². The molecule has 1 aliphatic rings. The molecule has 0 saturated carbocycles. The first-order valence-corrected chi connectivity index (χ1v) is 6.04. The second kappa shape index (κ2) is 6.19. The van der Waals surface area contributed by atoms with Crippen LogP contribution in [0.3, 0.4) is 0 Å². The average molecular weight is 333 g/mol. The molecular formula is C15H18NO2Y-. The molecule has 1 aromatic carbocycles. The monoisotopic (exact) mass is 333 g/mol. The summed E-state index contributed by atoms with van der Waals surface area (Å²) in [4.78, 5) is 10.3. The van der Waals surface area contributed by atoms with Gasteiger partial charge < -0.3 is 14.8 Å². The Hall–Kier alpha value is -0.666. The van der Waals surface area contributed by atoms with Crippen molar-refractivity contribution in [1.82, 2.24) is 0 Å². The summed E-state index contributed by atoms with van der Waals surface area (Å²) >= 11 is 0. The number of anilines is 1.